The quantitative estimate of drug-likeness (QED) is 0.264. The third-order valence-corrected chi connectivity index (χ3v) is 8.42. The Kier molecular flexibility index (Phi) is 5.09. The van der Waals surface area contributed by atoms with Gasteiger partial charge in [-0.2, -0.15) is 17.6 Å². The van der Waals surface area contributed by atoms with Crippen LogP contribution in [0.25, 0.3) is 11.0 Å². The van der Waals surface area contributed by atoms with Gasteiger partial charge in [-0.3, -0.25) is 4.79 Å². The Bertz CT molecular complexity index is 1360. The number of nitrogens with zero attached hydrogens (tertiary/aromatic N) is 4. The van der Waals surface area contributed by atoms with Crippen LogP contribution in [0.4, 0.5) is 27.6 Å². The van der Waals surface area contributed by atoms with E-state index in [1.165, 1.54) is 30.0 Å². The molecule has 2 bridgehead atoms. The molecule has 3 aliphatic carbocycles. The molecule has 3 saturated carbocycles. The molecule has 2 aromatic heterocycles. The van der Waals surface area contributed by atoms with Gasteiger partial charge in [-0.25, -0.2) is 14.4 Å². The summed E-state index contributed by atoms with van der Waals surface area (Å²) in [6.45, 7) is -2.19. The molecule has 0 radical (unpaired) electrons. The fourth-order valence-corrected chi connectivity index (χ4v) is 6.26. The number of thioether (sulfide) groups is 1. The van der Waals surface area contributed by atoms with Gasteiger partial charge >= 0.3 is 17.8 Å². The van der Waals surface area contributed by atoms with E-state index >= 15 is 0 Å². The highest BCUT2D eigenvalue weighted by molar-refractivity contribution is 7.98. The Hall–Kier alpha value is -2.89. The molecule has 3 heterocycles. The second-order valence-corrected chi connectivity index (χ2v) is 11.0. The average Bonchev–Trinajstić information content (AvgIpc) is 3.19. The monoisotopic (exact) mass is 524 g/mol. The second kappa shape index (κ2) is 7.80. The summed E-state index contributed by atoms with van der Waals surface area (Å²) in [5, 5.41) is 9.27. The molecule has 6 nitrogen and oxygen atoms in total. The number of carboxylic acid groups (broad SMARTS) is 1. The minimum absolute atomic E-state index is 0.0609. The Labute approximate surface area is 206 Å². The maximum absolute atomic E-state index is 14.0. The van der Waals surface area contributed by atoms with Crippen LogP contribution in [0.2, 0.25) is 0 Å². The summed E-state index contributed by atoms with van der Waals surface area (Å²) in [6, 6.07) is 4.20. The summed E-state index contributed by atoms with van der Waals surface area (Å²) in [6.07, 6.45) is 5.70. The molecular formula is C24H21F5N4O2S. The summed E-state index contributed by atoms with van der Waals surface area (Å²) in [7, 11) is 0. The van der Waals surface area contributed by atoms with Crippen molar-refractivity contribution in [1.29, 1.82) is 0 Å². The van der Waals surface area contributed by atoms with E-state index in [0.29, 0.717) is 33.4 Å². The molecule has 4 fully saturated rings. The molecule has 190 valence electrons. The third-order valence-electron chi connectivity index (χ3n) is 7.49. The maximum Gasteiger partial charge on any atom is 0.329 e. The molecule has 1 aliphatic heterocycles. The van der Waals surface area contributed by atoms with Gasteiger partial charge in [-0.15, -0.1) is 0 Å². The van der Waals surface area contributed by atoms with Crippen molar-refractivity contribution < 1.29 is 31.9 Å². The number of carbonyl (C=O) groups is 1. The minimum atomic E-state index is -4.14. The molecule has 36 heavy (non-hydrogen) atoms. The largest absolute Gasteiger partial charge is 0.481 e. The number of benzene rings is 1. The minimum Gasteiger partial charge on any atom is -0.481 e. The lowest BCUT2D eigenvalue weighted by Crippen LogP contribution is -2.59. The van der Waals surface area contributed by atoms with E-state index in [4.69, 9.17) is 5.11 Å². The molecule has 3 aromatic rings. The fraction of sp³-hybridized carbons (Fsp3) is 0.458. The number of rotatable bonds is 7. The van der Waals surface area contributed by atoms with Crippen LogP contribution in [-0.4, -0.2) is 50.5 Å². The van der Waals surface area contributed by atoms with Gasteiger partial charge in [0, 0.05) is 17.5 Å². The molecule has 0 spiro atoms. The topological polar surface area (TPSA) is 71.2 Å². The Morgan fingerprint density at radius 1 is 1.14 bits per heavy atom. The molecule has 4 aliphatic rings. The zero-order valence-corrected chi connectivity index (χ0v) is 19.7. The number of halogens is 5. The van der Waals surface area contributed by atoms with Gasteiger partial charge in [0.1, 0.15) is 11.3 Å². The van der Waals surface area contributed by atoms with Crippen molar-refractivity contribution in [2.75, 3.05) is 18.0 Å². The lowest BCUT2D eigenvalue weighted by atomic mass is 9.49. The van der Waals surface area contributed by atoms with Crippen molar-refractivity contribution in [2.45, 2.75) is 54.0 Å². The van der Waals surface area contributed by atoms with Crippen molar-refractivity contribution in [2.24, 2.45) is 5.92 Å². The van der Waals surface area contributed by atoms with Crippen molar-refractivity contribution in [3.8, 4) is 0 Å². The van der Waals surface area contributed by atoms with Gasteiger partial charge in [-0.1, -0.05) is 23.9 Å². The molecule has 0 atom stereocenters. The summed E-state index contributed by atoms with van der Waals surface area (Å²) in [5.41, 5.74) is 1.80. The number of hydrogen-bond donors (Lipinski definition) is 1. The van der Waals surface area contributed by atoms with E-state index in [-0.39, 0.29) is 16.8 Å². The van der Waals surface area contributed by atoms with E-state index in [0.717, 1.165) is 24.2 Å². The predicted molar refractivity (Wildman–Crippen MR) is 122 cm³/mol. The summed E-state index contributed by atoms with van der Waals surface area (Å²) in [5.74, 6) is -9.09. The van der Waals surface area contributed by atoms with Gasteiger partial charge < -0.3 is 14.6 Å². The average molecular weight is 525 g/mol. The first kappa shape index (κ1) is 23.5. The number of alkyl halides is 4. The van der Waals surface area contributed by atoms with E-state index in [1.54, 1.807) is 12.4 Å². The highest BCUT2D eigenvalue weighted by Crippen LogP contribution is 2.63. The van der Waals surface area contributed by atoms with Gasteiger partial charge in [0.2, 0.25) is 0 Å². The van der Waals surface area contributed by atoms with Crippen LogP contribution in [0.15, 0.2) is 35.7 Å². The molecule has 0 amide bonds. The van der Waals surface area contributed by atoms with E-state index in [1.807, 2.05) is 4.57 Å². The number of hydrogen-bond acceptors (Lipinski definition) is 5. The van der Waals surface area contributed by atoms with Crippen molar-refractivity contribution in [1.82, 2.24) is 14.5 Å². The number of aliphatic carboxylic acids is 1. The Morgan fingerprint density at radius 2 is 1.83 bits per heavy atom. The number of anilines is 1. The van der Waals surface area contributed by atoms with E-state index in [2.05, 4.69) is 9.97 Å². The Balaban J connectivity index is 1.32. The van der Waals surface area contributed by atoms with Crippen LogP contribution in [0, 0.1) is 11.7 Å². The lowest BCUT2D eigenvalue weighted by molar-refractivity contribution is -0.172. The van der Waals surface area contributed by atoms with Crippen molar-refractivity contribution in [3.63, 3.8) is 0 Å². The molecule has 1 N–H and O–H groups in total. The SMILES string of the molecule is O=C(O)Cc1cc(CSc2ncc3c(n2)c(N2CC(F)(F)C(F)(F)C2)cn3C23CC(C2)C3)ccc1F. The van der Waals surface area contributed by atoms with Crippen molar-refractivity contribution in [3.05, 3.63) is 47.5 Å². The van der Waals surface area contributed by atoms with E-state index in [9.17, 15) is 26.7 Å². The highest BCUT2D eigenvalue weighted by atomic mass is 32.2. The van der Waals surface area contributed by atoms with Crippen LogP contribution >= 0.6 is 11.8 Å². The first-order valence-electron chi connectivity index (χ1n) is 11.5. The zero-order chi connectivity index (χ0) is 25.5. The second-order valence-electron chi connectivity index (χ2n) is 10.0. The summed E-state index contributed by atoms with van der Waals surface area (Å²) < 4.78 is 71.9. The zero-order valence-electron chi connectivity index (χ0n) is 18.9. The van der Waals surface area contributed by atoms with Crippen LogP contribution in [0.1, 0.15) is 30.4 Å². The van der Waals surface area contributed by atoms with Gasteiger partial charge in [0.25, 0.3) is 0 Å². The van der Waals surface area contributed by atoms with Gasteiger partial charge in [0.15, 0.2) is 5.16 Å². The number of carboxylic acids is 1. The fourth-order valence-electron chi connectivity index (χ4n) is 5.50. The van der Waals surface area contributed by atoms with E-state index < -0.39 is 43.1 Å². The first-order chi connectivity index (χ1) is 17.0. The molecule has 7 rings (SSSR count). The Morgan fingerprint density at radius 3 is 2.44 bits per heavy atom. The van der Waals surface area contributed by atoms with Crippen LogP contribution in [0.5, 0.6) is 0 Å². The predicted octanol–water partition coefficient (Wildman–Crippen LogP) is 5.09. The van der Waals surface area contributed by atoms with Crippen LogP contribution in [-0.2, 0) is 22.5 Å². The normalized spacial score (nSPS) is 25.6. The smallest absolute Gasteiger partial charge is 0.329 e. The summed E-state index contributed by atoms with van der Waals surface area (Å²) >= 11 is 1.20. The highest BCUT2D eigenvalue weighted by Gasteiger charge is 2.63. The standard InChI is InChI=1S/C24H21F5N4O2S/c25-16-2-1-13(3-15(16)4-19(34)35)10-36-21-30-8-17-20(31-21)18(9-33(17)22-5-14(6-22)7-22)32-11-23(26,27)24(28,29)12-32/h1-3,8-9,14H,4-7,10-12H2,(H,34,35). The first-order valence-corrected chi connectivity index (χ1v) is 12.5. The number of aromatic nitrogens is 3. The molecule has 0 unspecified atom stereocenters. The molecule has 1 aromatic carbocycles. The molecule has 12 heteroatoms. The van der Waals surface area contributed by atoms with Gasteiger partial charge in [0.05, 0.1) is 36.9 Å². The number of fused-ring (bicyclic) bond motifs is 1. The third kappa shape index (κ3) is 3.63. The molecule has 1 saturated heterocycles. The molecular weight excluding hydrogens is 503 g/mol. The lowest BCUT2D eigenvalue weighted by Gasteiger charge is -2.62. The van der Waals surface area contributed by atoms with Crippen LogP contribution in [0.3, 0.4) is 0 Å². The van der Waals surface area contributed by atoms with Crippen molar-refractivity contribution >= 4 is 34.5 Å². The van der Waals surface area contributed by atoms with Gasteiger partial charge in [-0.05, 0) is 42.4 Å². The summed E-state index contributed by atoms with van der Waals surface area (Å²) in [4.78, 5) is 20.9. The van der Waals surface area contributed by atoms with Crippen LogP contribution < -0.4 is 4.90 Å². The maximum atomic E-state index is 14.0.